The molecule has 68 valence electrons. The number of ketones is 1. The maximum absolute atomic E-state index is 11.4. The molecule has 0 aromatic heterocycles. The van der Waals surface area contributed by atoms with Crippen molar-refractivity contribution >= 4 is 27.4 Å². The molecule has 0 aromatic carbocycles. The molecule has 1 aliphatic carbocycles. The summed E-state index contributed by atoms with van der Waals surface area (Å²) in [6.07, 6.45) is 2.48. The van der Waals surface area contributed by atoms with Crippen LogP contribution < -0.4 is 0 Å². The van der Waals surface area contributed by atoms with Crippen LogP contribution in [0.3, 0.4) is 0 Å². The van der Waals surface area contributed by atoms with E-state index in [-0.39, 0.29) is 17.3 Å². The lowest BCUT2D eigenvalue weighted by molar-refractivity contribution is -0.133. The summed E-state index contributed by atoms with van der Waals surface area (Å²) in [5.74, 6) is -0.975. The van der Waals surface area contributed by atoms with E-state index < -0.39 is 5.97 Å². The molecule has 1 aliphatic rings. The summed E-state index contributed by atoms with van der Waals surface area (Å²) in [6.45, 7) is 0. The van der Waals surface area contributed by atoms with Gasteiger partial charge in [0.25, 0.3) is 0 Å². The van der Waals surface area contributed by atoms with Crippen LogP contribution in [0, 0.1) is 5.92 Å². The summed E-state index contributed by atoms with van der Waals surface area (Å²) < 4.78 is 0. The van der Waals surface area contributed by atoms with Crippen molar-refractivity contribution < 1.29 is 14.7 Å². The number of carboxylic acids is 1. The lowest BCUT2D eigenvalue weighted by atomic mass is 9.60. The Balaban J connectivity index is 2.78. The van der Waals surface area contributed by atoms with Gasteiger partial charge in [0.1, 0.15) is 0 Å². The zero-order chi connectivity index (χ0) is 10.0. The SMILES string of the molecule is BC(B)C1CCC(C(=O)O)=CC1=O. The van der Waals surface area contributed by atoms with Crippen molar-refractivity contribution in [2.75, 3.05) is 0 Å². The van der Waals surface area contributed by atoms with E-state index in [2.05, 4.69) is 0 Å². The molecule has 13 heavy (non-hydrogen) atoms. The highest BCUT2D eigenvalue weighted by atomic mass is 16.4. The molecular formula is C8H12B2O3. The Kier molecular flexibility index (Phi) is 2.96. The molecule has 1 rings (SSSR count). The van der Waals surface area contributed by atoms with Crippen LogP contribution in [0.25, 0.3) is 0 Å². The van der Waals surface area contributed by atoms with Crippen LogP contribution in [0.4, 0.5) is 0 Å². The van der Waals surface area contributed by atoms with Gasteiger partial charge in [0, 0.05) is 11.5 Å². The van der Waals surface area contributed by atoms with Gasteiger partial charge in [-0.3, -0.25) is 4.79 Å². The van der Waals surface area contributed by atoms with Crippen molar-refractivity contribution in [2.45, 2.75) is 18.6 Å². The molecule has 1 N–H and O–H groups in total. The highest BCUT2D eigenvalue weighted by molar-refractivity contribution is 6.37. The molecule has 0 radical (unpaired) electrons. The number of hydrogen-bond donors (Lipinski definition) is 1. The number of rotatable bonds is 2. The number of aliphatic carboxylic acids is 1. The first kappa shape index (κ1) is 10.1. The largest absolute Gasteiger partial charge is 0.478 e. The first-order chi connectivity index (χ1) is 6.02. The van der Waals surface area contributed by atoms with Crippen LogP contribution in [-0.2, 0) is 9.59 Å². The van der Waals surface area contributed by atoms with Crippen molar-refractivity contribution in [3.05, 3.63) is 11.6 Å². The molecule has 5 heteroatoms. The third-order valence-corrected chi connectivity index (χ3v) is 2.49. The summed E-state index contributed by atoms with van der Waals surface area (Å²) in [4.78, 5) is 22.0. The summed E-state index contributed by atoms with van der Waals surface area (Å²) in [6, 6.07) is 0. The van der Waals surface area contributed by atoms with Crippen molar-refractivity contribution in [1.82, 2.24) is 0 Å². The Bertz CT molecular complexity index is 271. The Morgan fingerprint density at radius 2 is 2.23 bits per heavy atom. The van der Waals surface area contributed by atoms with Crippen LogP contribution in [0.1, 0.15) is 12.8 Å². The van der Waals surface area contributed by atoms with E-state index in [0.717, 1.165) is 0 Å². The lowest BCUT2D eigenvalue weighted by Crippen LogP contribution is -2.24. The van der Waals surface area contributed by atoms with Gasteiger partial charge in [-0.2, -0.15) is 0 Å². The van der Waals surface area contributed by atoms with E-state index in [0.29, 0.717) is 18.6 Å². The molecule has 1 unspecified atom stereocenters. The lowest BCUT2D eigenvalue weighted by Gasteiger charge is -2.22. The fourth-order valence-electron chi connectivity index (χ4n) is 1.63. The molecule has 3 nitrogen and oxygen atoms in total. The Morgan fingerprint density at radius 1 is 1.62 bits per heavy atom. The van der Waals surface area contributed by atoms with Gasteiger partial charge in [0.15, 0.2) is 5.78 Å². The molecule has 0 amide bonds. The van der Waals surface area contributed by atoms with Crippen molar-refractivity contribution in [3.8, 4) is 0 Å². The molecule has 0 saturated heterocycles. The normalized spacial score (nSPS) is 23.0. The van der Waals surface area contributed by atoms with Crippen molar-refractivity contribution in [2.24, 2.45) is 5.92 Å². The Labute approximate surface area is 79.0 Å². The Hall–Kier alpha value is -0.990. The fraction of sp³-hybridized carbons (Fsp3) is 0.500. The number of hydrogen-bond acceptors (Lipinski definition) is 2. The number of allylic oxidation sites excluding steroid dienone is 1. The molecule has 1 atom stereocenters. The number of carboxylic acid groups (broad SMARTS) is 1. The summed E-state index contributed by atoms with van der Waals surface area (Å²) >= 11 is 0. The van der Waals surface area contributed by atoms with Gasteiger partial charge in [-0.15, -0.1) is 0 Å². The minimum atomic E-state index is -0.962. The molecule has 0 heterocycles. The van der Waals surface area contributed by atoms with Crippen LogP contribution >= 0.6 is 0 Å². The van der Waals surface area contributed by atoms with Gasteiger partial charge in [0.2, 0.25) is 0 Å². The molecule has 0 spiro atoms. The smallest absolute Gasteiger partial charge is 0.331 e. The van der Waals surface area contributed by atoms with Gasteiger partial charge in [-0.25, -0.2) is 4.79 Å². The minimum Gasteiger partial charge on any atom is -0.478 e. The molecule has 0 bridgehead atoms. The van der Waals surface area contributed by atoms with E-state index in [1.165, 1.54) is 6.08 Å². The topological polar surface area (TPSA) is 54.4 Å². The van der Waals surface area contributed by atoms with E-state index in [9.17, 15) is 9.59 Å². The first-order valence-corrected chi connectivity index (χ1v) is 4.50. The van der Waals surface area contributed by atoms with E-state index in [1.807, 2.05) is 15.7 Å². The van der Waals surface area contributed by atoms with Crippen LogP contribution in [0.15, 0.2) is 11.6 Å². The third-order valence-electron chi connectivity index (χ3n) is 2.49. The summed E-state index contributed by atoms with van der Waals surface area (Å²) in [5, 5.41) is 8.66. The fourth-order valence-corrected chi connectivity index (χ4v) is 1.63. The summed E-state index contributed by atoms with van der Waals surface area (Å²) in [5.41, 5.74) is 0.556. The zero-order valence-corrected chi connectivity index (χ0v) is 7.91. The molecular weight excluding hydrogens is 166 g/mol. The standard InChI is InChI=1S/C8H12B2O3/c9-7(10)5-2-1-4(8(12)13)3-6(5)11/h3,5,7H,1-2,9-10H2,(H,12,13). The zero-order valence-electron chi connectivity index (χ0n) is 7.91. The molecule has 0 fully saturated rings. The average Bonchev–Trinajstić information content (AvgIpc) is 2.03. The van der Waals surface area contributed by atoms with Crippen LogP contribution in [0.5, 0.6) is 0 Å². The average molecular weight is 178 g/mol. The van der Waals surface area contributed by atoms with Gasteiger partial charge in [-0.1, -0.05) is 5.72 Å². The van der Waals surface area contributed by atoms with Gasteiger partial charge >= 0.3 is 5.97 Å². The second-order valence-corrected chi connectivity index (χ2v) is 3.77. The van der Waals surface area contributed by atoms with Crippen molar-refractivity contribution in [1.29, 1.82) is 0 Å². The first-order valence-electron chi connectivity index (χ1n) is 4.50. The van der Waals surface area contributed by atoms with E-state index >= 15 is 0 Å². The third kappa shape index (κ3) is 2.23. The second-order valence-electron chi connectivity index (χ2n) is 3.77. The molecule has 0 aliphatic heterocycles. The molecule has 0 aromatic rings. The van der Waals surface area contributed by atoms with Crippen LogP contribution in [-0.4, -0.2) is 32.6 Å². The van der Waals surface area contributed by atoms with Gasteiger partial charge in [-0.05, 0) is 18.9 Å². The maximum Gasteiger partial charge on any atom is 0.331 e. The highest BCUT2D eigenvalue weighted by Gasteiger charge is 2.26. The predicted octanol–water partition coefficient (Wildman–Crippen LogP) is -1.01. The maximum atomic E-state index is 11.4. The van der Waals surface area contributed by atoms with E-state index in [4.69, 9.17) is 5.11 Å². The Morgan fingerprint density at radius 3 is 2.62 bits per heavy atom. The summed E-state index contributed by atoms with van der Waals surface area (Å²) in [7, 11) is 3.98. The van der Waals surface area contributed by atoms with Gasteiger partial charge in [0.05, 0.1) is 15.7 Å². The van der Waals surface area contributed by atoms with Crippen molar-refractivity contribution in [3.63, 3.8) is 0 Å². The van der Waals surface area contributed by atoms with Gasteiger partial charge < -0.3 is 5.11 Å². The quantitative estimate of drug-likeness (QED) is 0.551. The molecule has 0 saturated carbocycles. The number of carbonyl (C=O) groups is 2. The second kappa shape index (κ2) is 3.81. The minimum absolute atomic E-state index is 0.0168. The number of carbonyl (C=O) groups excluding carboxylic acids is 1. The van der Waals surface area contributed by atoms with E-state index in [1.54, 1.807) is 0 Å². The monoisotopic (exact) mass is 178 g/mol. The predicted molar refractivity (Wildman–Crippen MR) is 54.3 cm³/mol. The highest BCUT2D eigenvalue weighted by Crippen LogP contribution is 2.26. The van der Waals surface area contributed by atoms with Crippen LogP contribution in [0.2, 0.25) is 5.72 Å².